The molecule has 2 heterocycles. The van der Waals surface area contributed by atoms with E-state index >= 15 is 0 Å². The quantitative estimate of drug-likeness (QED) is 0.657. The molecule has 6 heteroatoms. The zero-order valence-electron chi connectivity index (χ0n) is 11.3. The molecule has 0 unspecified atom stereocenters. The van der Waals surface area contributed by atoms with Crippen molar-refractivity contribution in [1.29, 1.82) is 0 Å². The Morgan fingerprint density at radius 3 is 2.21 bits per heavy atom. The average molecular weight is 266 g/mol. The molecule has 0 spiro atoms. The molecule has 0 aliphatic carbocycles. The van der Waals surface area contributed by atoms with Crippen LogP contribution in [0.4, 0.5) is 0 Å². The van der Waals surface area contributed by atoms with Crippen molar-refractivity contribution in [2.45, 2.75) is 33.1 Å². The molecule has 0 saturated carbocycles. The molecule has 0 aromatic heterocycles. The number of ketones is 1. The van der Waals surface area contributed by atoms with Gasteiger partial charge in [-0.25, -0.2) is 0 Å². The third kappa shape index (κ3) is 2.67. The van der Waals surface area contributed by atoms with E-state index in [4.69, 9.17) is 0 Å². The van der Waals surface area contributed by atoms with Crippen molar-refractivity contribution in [2.24, 2.45) is 5.41 Å². The highest BCUT2D eigenvalue weighted by Gasteiger charge is 2.45. The zero-order valence-corrected chi connectivity index (χ0v) is 11.3. The van der Waals surface area contributed by atoms with E-state index in [-0.39, 0.29) is 36.5 Å². The van der Waals surface area contributed by atoms with Crippen LogP contribution in [0, 0.1) is 5.41 Å². The number of hydrogen-bond acceptors (Lipinski definition) is 4. The maximum Gasteiger partial charge on any atom is 0.242 e. The lowest BCUT2D eigenvalue weighted by molar-refractivity contribution is -0.148. The molecule has 2 saturated heterocycles. The zero-order chi connectivity index (χ0) is 14.2. The lowest BCUT2D eigenvalue weighted by Crippen LogP contribution is -2.46. The highest BCUT2D eigenvalue weighted by Crippen LogP contribution is 2.31. The lowest BCUT2D eigenvalue weighted by Gasteiger charge is -2.28. The summed E-state index contributed by atoms with van der Waals surface area (Å²) in [5, 5.41) is 0. The van der Waals surface area contributed by atoms with E-state index < -0.39 is 5.41 Å². The molecule has 2 rings (SSSR count). The first-order valence-corrected chi connectivity index (χ1v) is 6.45. The standard InChI is InChI=1S/C13H18N2O4/c1-13(2)7-10(17)15(12(13)19)8-11(18)14-5-3-9(16)4-6-14/h3-8H2,1-2H3. The van der Waals surface area contributed by atoms with Crippen molar-refractivity contribution >= 4 is 23.5 Å². The molecule has 0 bridgehead atoms. The minimum Gasteiger partial charge on any atom is -0.340 e. The van der Waals surface area contributed by atoms with Gasteiger partial charge < -0.3 is 4.90 Å². The van der Waals surface area contributed by atoms with Gasteiger partial charge in [0.25, 0.3) is 0 Å². The number of amides is 3. The van der Waals surface area contributed by atoms with Crippen LogP contribution in [0.15, 0.2) is 0 Å². The molecule has 2 fully saturated rings. The smallest absolute Gasteiger partial charge is 0.242 e. The van der Waals surface area contributed by atoms with Gasteiger partial charge in [0.2, 0.25) is 17.7 Å². The maximum absolute atomic E-state index is 12.0. The molecule has 0 N–H and O–H groups in total. The van der Waals surface area contributed by atoms with E-state index in [0.29, 0.717) is 25.9 Å². The molecule has 0 atom stereocenters. The SMILES string of the molecule is CC1(C)CC(=O)N(CC(=O)N2CCC(=O)CC2)C1=O. The van der Waals surface area contributed by atoms with Crippen LogP contribution in [0.2, 0.25) is 0 Å². The van der Waals surface area contributed by atoms with Gasteiger partial charge in [0.15, 0.2) is 0 Å². The minimum atomic E-state index is -0.713. The van der Waals surface area contributed by atoms with Crippen LogP contribution in [0.3, 0.4) is 0 Å². The predicted octanol–water partition coefficient (Wildman–Crippen LogP) is -0.0370. The summed E-state index contributed by atoms with van der Waals surface area (Å²) < 4.78 is 0. The number of piperidine rings is 1. The van der Waals surface area contributed by atoms with Crippen LogP contribution >= 0.6 is 0 Å². The number of likely N-dealkylation sites (tertiary alicyclic amines) is 2. The number of nitrogens with zero attached hydrogens (tertiary/aromatic N) is 2. The second kappa shape index (κ2) is 4.75. The van der Waals surface area contributed by atoms with E-state index in [9.17, 15) is 19.2 Å². The summed E-state index contributed by atoms with van der Waals surface area (Å²) in [5.74, 6) is -0.694. The average Bonchev–Trinajstić information content (AvgIpc) is 2.52. The first kappa shape index (κ1) is 13.7. The van der Waals surface area contributed by atoms with E-state index in [1.807, 2.05) is 0 Å². The van der Waals surface area contributed by atoms with Gasteiger partial charge in [0.1, 0.15) is 12.3 Å². The Hall–Kier alpha value is -1.72. The Bertz CT molecular complexity index is 446. The summed E-state index contributed by atoms with van der Waals surface area (Å²) in [7, 11) is 0. The minimum absolute atomic E-state index is 0.150. The number of carbonyl (C=O) groups excluding carboxylic acids is 4. The van der Waals surface area contributed by atoms with Crippen molar-refractivity contribution < 1.29 is 19.2 Å². The molecule has 104 valence electrons. The summed E-state index contributed by atoms with van der Waals surface area (Å²) in [4.78, 5) is 49.5. The second-order valence-corrected chi connectivity index (χ2v) is 5.77. The summed E-state index contributed by atoms with van der Waals surface area (Å²) in [6.07, 6.45) is 0.871. The maximum atomic E-state index is 12.0. The lowest BCUT2D eigenvalue weighted by atomic mass is 9.92. The Balaban J connectivity index is 1.98. The number of hydrogen-bond donors (Lipinski definition) is 0. The predicted molar refractivity (Wildman–Crippen MR) is 65.9 cm³/mol. The fraction of sp³-hybridized carbons (Fsp3) is 0.692. The molecule has 3 amide bonds. The van der Waals surface area contributed by atoms with Gasteiger partial charge in [0.05, 0.1) is 5.41 Å². The van der Waals surface area contributed by atoms with Crippen molar-refractivity contribution in [1.82, 2.24) is 9.80 Å². The van der Waals surface area contributed by atoms with E-state index in [2.05, 4.69) is 0 Å². The Labute approximate surface area is 111 Å². The molecule has 0 radical (unpaired) electrons. The van der Waals surface area contributed by atoms with Gasteiger partial charge in [-0.15, -0.1) is 0 Å². The van der Waals surface area contributed by atoms with Gasteiger partial charge in [-0.3, -0.25) is 24.1 Å². The van der Waals surface area contributed by atoms with Crippen LogP contribution in [0.1, 0.15) is 33.1 Å². The summed E-state index contributed by atoms with van der Waals surface area (Å²) >= 11 is 0. The van der Waals surface area contributed by atoms with E-state index in [1.54, 1.807) is 18.7 Å². The monoisotopic (exact) mass is 266 g/mol. The van der Waals surface area contributed by atoms with E-state index in [0.717, 1.165) is 4.90 Å². The van der Waals surface area contributed by atoms with Crippen LogP contribution in [0.25, 0.3) is 0 Å². The number of carbonyl (C=O) groups is 4. The largest absolute Gasteiger partial charge is 0.340 e. The van der Waals surface area contributed by atoms with Crippen molar-refractivity contribution in [3.05, 3.63) is 0 Å². The molecular formula is C13H18N2O4. The summed E-state index contributed by atoms with van der Waals surface area (Å²) in [6.45, 7) is 3.98. The molecule has 19 heavy (non-hydrogen) atoms. The number of rotatable bonds is 2. The third-order valence-corrected chi connectivity index (χ3v) is 3.69. The molecule has 6 nitrogen and oxygen atoms in total. The van der Waals surface area contributed by atoms with E-state index in [1.165, 1.54) is 0 Å². The van der Waals surface area contributed by atoms with Crippen LogP contribution < -0.4 is 0 Å². The van der Waals surface area contributed by atoms with Gasteiger partial charge in [-0.1, -0.05) is 13.8 Å². The Morgan fingerprint density at radius 1 is 1.16 bits per heavy atom. The molecule has 2 aliphatic rings. The topological polar surface area (TPSA) is 74.8 Å². The molecule has 0 aromatic rings. The van der Waals surface area contributed by atoms with Gasteiger partial charge in [-0.2, -0.15) is 0 Å². The number of imide groups is 1. The fourth-order valence-corrected chi connectivity index (χ4v) is 2.43. The first-order chi connectivity index (χ1) is 8.81. The highest BCUT2D eigenvalue weighted by molar-refractivity contribution is 6.07. The first-order valence-electron chi connectivity index (χ1n) is 6.45. The molecule has 2 aliphatic heterocycles. The third-order valence-electron chi connectivity index (χ3n) is 3.69. The number of Topliss-reactive ketones (excluding diaryl/α,β-unsaturated/α-hetero) is 1. The normalized spacial score (nSPS) is 23.2. The Kier molecular flexibility index (Phi) is 3.43. The van der Waals surface area contributed by atoms with Crippen LogP contribution in [0.5, 0.6) is 0 Å². The van der Waals surface area contributed by atoms with Gasteiger partial charge >= 0.3 is 0 Å². The van der Waals surface area contributed by atoms with Crippen molar-refractivity contribution in [3.63, 3.8) is 0 Å². The van der Waals surface area contributed by atoms with Crippen LogP contribution in [-0.4, -0.2) is 52.9 Å². The summed E-state index contributed by atoms with van der Waals surface area (Å²) in [5.41, 5.74) is -0.713. The fourth-order valence-electron chi connectivity index (χ4n) is 2.43. The van der Waals surface area contributed by atoms with Gasteiger partial charge in [-0.05, 0) is 0 Å². The van der Waals surface area contributed by atoms with Crippen molar-refractivity contribution in [3.8, 4) is 0 Å². The summed E-state index contributed by atoms with van der Waals surface area (Å²) in [6, 6.07) is 0. The van der Waals surface area contributed by atoms with Crippen LogP contribution in [-0.2, 0) is 19.2 Å². The molecule has 0 aromatic carbocycles. The second-order valence-electron chi connectivity index (χ2n) is 5.77. The molecular weight excluding hydrogens is 248 g/mol. The highest BCUT2D eigenvalue weighted by atomic mass is 16.2. The van der Waals surface area contributed by atoms with Crippen molar-refractivity contribution in [2.75, 3.05) is 19.6 Å². The Morgan fingerprint density at radius 2 is 1.74 bits per heavy atom. The van der Waals surface area contributed by atoms with Gasteiger partial charge in [0, 0.05) is 32.4 Å².